The number of rotatable bonds is 6. The Morgan fingerprint density at radius 2 is 2.00 bits per heavy atom. The van der Waals surface area contributed by atoms with Crippen molar-refractivity contribution < 1.29 is 4.79 Å². The first-order chi connectivity index (χ1) is 10.6. The minimum Gasteiger partial charge on any atom is -0.349 e. The molecule has 0 radical (unpaired) electrons. The summed E-state index contributed by atoms with van der Waals surface area (Å²) >= 11 is 4.78. The molecule has 0 saturated heterocycles. The normalized spacial score (nSPS) is 12.0. The second-order valence-electron chi connectivity index (χ2n) is 4.99. The number of pyridine rings is 1. The molecule has 1 heterocycles. The van der Waals surface area contributed by atoms with Gasteiger partial charge in [-0.3, -0.25) is 4.79 Å². The van der Waals surface area contributed by atoms with E-state index in [1.807, 2.05) is 19.1 Å². The van der Waals surface area contributed by atoms with Gasteiger partial charge in [-0.05, 0) is 52.5 Å². The van der Waals surface area contributed by atoms with Gasteiger partial charge in [-0.2, -0.15) is 0 Å². The molecule has 116 valence electrons. The van der Waals surface area contributed by atoms with Gasteiger partial charge >= 0.3 is 0 Å². The monoisotopic (exact) mass is 378 g/mol. The molecule has 2 aromatic rings. The lowest BCUT2D eigenvalue weighted by molar-refractivity contribution is -0.119. The van der Waals surface area contributed by atoms with Gasteiger partial charge in [-0.15, -0.1) is 0 Å². The highest BCUT2D eigenvalue weighted by Gasteiger charge is 2.10. The fourth-order valence-corrected chi connectivity index (χ4v) is 2.88. The number of nitrogens with zero attached hydrogens (tertiary/aromatic N) is 1. The van der Waals surface area contributed by atoms with E-state index in [4.69, 9.17) is 0 Å². The maximum absolute atomic E-state index is 12.0. The van der Waals surface area contributed by atoms with E-state index in [1.165, 1.54) is 17.3 Å². The van der Waals surface area contributed by atoms with Crippen molar-refractivity contribution in [2.24, 2.45) is 0 Å². The van der Waals surface area contributed by atoms with E-state index in [0.29, 0.717) is 5.75 Å². The summed E-state index contributed by atoms with van der Waals surface area (Å²) in [6, 6.07) is 12.2. The lowest BCUT2D eigenvalue weighted by Gasteiger charge is -2.14. The molecule has 0 unspecified atom stereocenters. The molecule has 1 N–H and O–H groups in total. The van der Waals surface area contributed by atoms with Crippen LogP contribution in [0, 0.1) is 0 Å². The average Bonchev–Trinajstić information content (AvgIpc) is 2.54. The predicted octanol–water partition coefficient (Wildman–Crippen LogP) is 4.38. The van der Waals surface area contributed by atoms with Gasteiger partial charge in [0.05, 0.1) is 16.8 Å². The third kappa shape index (κ3) is 5.14. The van der Waals surface area contributed by atoms with Gasteiger partial charge in [0.2, 0.25) is 5.91 Å². The van der Waals surface area contributed by atoms with Crippen LogP contribution in [0.2, 0.25) is 0 Å². The van der Waals surface area contributed by atoms with Crippen LogP contribution in [0.4, 0.5) is 0 Å². The molecule has 0 fully saturated rings. The van der Waals surface area contributed by atoms with E-state index >= 15 is 0 Å². The molecule has 0 aliphatic rings. The van der Waals surface area contributed by atoms with Crippen LogP contribution in [-0.4, -0.2) is 16.6 Å². The number of carbonyl (C=O) groups excluding carboxylic acids is 1. The fourth-order valence-electron chi connectivity index (χ4n) is 2.00. The second-order valence-corrected chi connectivity index (χ2v) is 6.90. The van der Waals surface area contributed by atoms with E-state index in [0.717, 1.165) is 21.5 Å². The largest absolute Gasteiger partial charge is 0.349 e. The van der Waals surface area contributed by atoms with Crippen molar-refractivity contribution in [3.05, 3.63) is 58.2 Å². The van der Waals surface area contributed by atoms with Crippen molar-refractivity contribution >= 4 is 33.6 Å². The van der Waals surface area contributed by atoms with Crippen molar-refractivity contribution in [1.82, 2.24) is 10.3 Å². The number of hydrogen-bond acceptors (Lipinski definition) is 3. The highest BCUT2D eigenvalue weighted by Crippen LogP contribution is 2.18. The Hall–Kier alpha value is -1.33. The van der Waals surface area contributed by atoms with Crippen LogP contribution in [-0.2, 0) is 11.2 Å². The summed E-state index contributed by atoms with van der Waals surface area (Å²) in [4.78, 5) is 16.3. The van der Waals surface area contributed by atoms with Gasteiger partial charge in [0, 0.05) is 10.7 Å². The fraction of sp³-hybridized carbons (Fsp3) is 0.294. The highest BCUT2D eigenvalue weighted by molar-refractivity contribution is 9.10. The molecule has 0 spiro atoms. The Balaban J connectivity index is 1.83. The number of nitrogens with one attached hydrogen (secondary N) is 1. The van der Waals surface area contributed by atoms with Crippen LogP contribution < -0.4 is 5.32 Å². The van der Waals surface area contributed by atoms with Gasteiger partial charge in [-0.25, -0.2) is 4.98 Å². The Labute approximate surface area is 144 Å². The van der Waals surface area contributed by atoms with Crippen LogP contribution in [0.3, 0.4) is 0 Å². The maximum Gasteiger partial charge on any atom is 0.230 e. The van der Waals surface area contributed by atoms with Crippen LogP contribution in [0.1, 0.15) is 31.0 Å². The van der Waals surface area contributed by atoms with Crippen molar-refractivity contribution in [3.8, 4) is 0 Å². The smallest absolute Gasteiger partial charge is 0.230 e. The van der Waals surface area contributed by atoms with E-state index in [1.54, 1.807) is 6.20 Å². The van der Waals surface area contributed by atoms with E-state index in [9.17, 15) is 4.79 Å². The zero-order valence-electron chi connectivity index (χ0n) is 12.7. The molecule has 3 nitrogen and oxygen atoms in total. The van der Waals surface area contributed by atoms with E-state index in [2.05, 4.69) is 57.4 Å². The number of carbonyl (C=O) groups is 1. The Bertz CT molecular complexity index is 614. The summed E-state index contributed by atoms with van der Waals surface area (Å²) in [5, 5.41) is 3.86. The average molecular weight is 379 g/mol. The zero-order chi connectivity index (χ0) is 15.9. The number of halogens is 1. The van der Waals surface area contributed by atoms with Crippen LogP contribution in [0.15, 0.2) is 52.1 Å². The van der Waals surface area contributed by atoms with Gasteiger partial charge in [-0.1, -0.05) is 43.0 Å². The number of aryl methyl sites for hydroxylation is 1. The number of amides is 1. The van der Waals surface area contributed by atoms with Crippen molar-refractivity contribution in [2.75, 3.05) is 5.75 Å². The van der Waals surface area contributed by atoms with Crippen LogP contribution in [0.5, 0.6) is 0 Å². The third-order valence-electron chi connectivity index (χ3n) is 3.32. The number of benzene rings is 1. The third-order valence-corrected chi connectivity index (χ3v) is 4.73. The summed E-state index contributed by atoms with van der Waals surface area (Å²) in [5.74, 6) is 0.383. The first-order valence-electron chi connectivity index (χ1n) is 7.21. The van der Waals surface area contributed by atoms with E-state index in [-0.39, 0.29) is 11.9 Å². The molecule has 22 heavy (non-hydrogen) atoms. The highest BCUT2D eigenvalue weighted by atomic mass is 79.9. The molecule has 1 aromatic carbocycles. The minimum atomic E-state index is 0.0110. The van der Waals surface area contributed by atoms with Crippen molar-refractivity contribution in [1.29, 1.82) is 0 Å². The summed E-state index contributed by atoms with van der Waals surface area (Å²) in [6.45, 7) is 4.13. The van der Waals surface area contributed by atoms with Gasteiger partial charge in [0.25, 0.3) is 0 Å². The number of aromatic nitrogens is 1. The van der Waals surface area contributed by atoms with Gasteiger partial charge in [0.1, 0.15) is 0 Å². The molecule has 0 aliphatic heterocycles. The maximum atomic E-state index is 12.0. The summed E-state index contributed by atoms with van der Waals surface area (Å²) in [7, 11) is 0. The lowest BCUT2D eigenvalue weighted by Crippen LogP contribution is -2.28. The summed E-state index contributed by atoms with van der Waals surface area (Å²) in [6.07, 6.45) is 2.76. The lowest BCUT2D eigenvalue weighted by atomic mass is 10.1. The molecule has 5 heteroatoms. The molecular formula is C17H19BrN2OS. The predicted molar refractivity (Wildman–Crippen MR) is 95.0 cm³/mol. The van der Waals surface area contributed by atoms with Gasteiger partial charge in [0.15, 0.2) is 0 Å². The first-order valence-corrected chi connectivity index (χ1v) is 8.99. The molecule has 0 aliphatic carbocycles. The Morgan fingerprint density at radius 1 is 1.27 bits per heavy atom. The quantitative estimate of drug-likeness (QED) is 0.758. The van der Waals surface area contributed by atoms with Gasteiger partial charge < -0.3 is 5.32 Å². The number of hydrogen-bond donors (Lipinski definition) is 1. The van der Waals surface area contributed by atoms with Crippen molar-refractivity contribution in [2.45, 2.75) is 31.3 Å². The Kier molecular flexibility index (Phi) is 6.46. The molecule has 1 amide bonds. The minimum absolute atomic E-state index is 0.0110. The second kappa shape index (κ2) is 8.34. The molecule has 1 atom stereocenters. The standard InChI is InChI=1S/C17H19BrN2OS/c1-3-13-4-6-14(7-5-13)12(2)20-16(21)11-22-17-9-8-15(18)10-19-17/h4-10,12H,3,11H2,1-2H3,(H,20,21)/t12-/m0/s1. The number of thioether (sulfide) groups is 1. The summed E-state index contributed by atoms with van der Waals surface area (Å²) < 4.78 is 0.936. The molecule has 0 saturated carbocycles. The molecule has 2 rings (SSSR count). The Morgan fingerprint density at radius 3 is 2.59 bits per heavy atom. The molecular weight excluding hydrogens is 360 g/mol. The molecule has 0 bridgehead atoms. The topological polar surface area (TPSA) is 42.0 Å². The van der Waals surface area contributed by atoms with Crippen LogP contribution >= 0.6 is 27.7 Å². The SMILES string of the molecule is CCc1ccc([C@H](C)NC(=O)CSc2ccc(Br)cn2)cc1. The van der Waals surface area contributed by atoms with Crippen molar-refractivity contribution in [3.63, 3.8) is 0 Å². The van der Waals surface area contributed by atoms with Crippen LogP contribution in [0.25, 0.3) is 0 Å². The first kappa shape index (κ1) is 17.0. The zero-order valence-corrected chi connectivity index (χ0v) is 15.1. The van der Waals surface area contributed by atoms with E-state index < -0.39 is 0 Å². The summed E-state index contributed by atoms with van der Waals surface area (Å²) in [5.41, 5.74) is 2.43. The molecule has 1 aromatic heterocycles.